The number of nitrogens with zero attached hydrogens (tertiary/aromatic N) is 1. The molecule has 1 aromatic rings. The second kappa shape index (κ2) is 3.53. The number of hydrogen-bond donors (Lipinski definition) is 1. The molecule has 0 aliphatic heterocycles. The van der Waals surface area contributed by atoms with Crippen molar-refractivity contribution in [1.82, 2.24) is 0 Å². The molecular weight excluding hydrogens is 179 g/mol. The van der Waals surface area contributed by atoms with Gasteiger partial charge in [-0.25, -0.2) is 4.39 Å². The maximum Gasteiger partial charge on any atom is 0.142 e. The number of benzene rings is 1. The van der Waals surface area contributed by atoms with Crippen molar-refractivity contribution in [3.63, 3.8) is 0 Å². The van der Waals surface area contributed by atoms with Crippen molar-refractivity contribution in [2.45, 2.75) is 6.54 Å². The van der Waals surface area contributed by atoms with Crippen LogP contribution in [0.2, 0.25) is 5.02 Å². The lowest BCUT2D eigenvalue weighted by Crippen LogP contribution is -1.98. The molecule has 0 spiro atoms. The van der Waals surface area contributed by atoms with Gasteiger partial charge in [0.15, 0.2) is 0 Å². The topological polar surface area (TPSA) is 49.8 Å². The minimum absolute atomic E-state index is 0.109. The van der Waals surface area contributed by atoms with Crippen LogP contribution in [0.25, 0.3) is 0 Å². The van der Waals surface area contributed by atoms with E-state index in [1.54, 1.807) is 6.07 Å². The third-order valence-electron chi connectivity index (χ3n) is 1.45. The van der Waals surface area contributed by atoms with Crippen molar-refractivity contribution >= 4 is 11.6 Å². The van der Waals surface area contributed by atoms with Gasteiger partial charge in [0.1, 0.15) is 17.4 Å². The molecule has 62 valence electrons. The molecule has 0 heterocycles. The summed E-state index contributed by atoms with van der Waals surface area (Å²) in [5.74, 6) is -0.620. The summed E-state index contributed by atoms with van der Waals surface area (Å²) in [6, 6.07) is 4.37. The number of halogens is 2. The van der Waals surface area contributed by atoms with Crippen LogP contribution in [0.1, 0.15) is 11.1 Å². The first-order valence-corrected chi connectivity index (χ1v) is 3.65. The maximum atomic E-state index is 12.9. The monoisotopic (exact) mass is 184 g/mol. The van der Waals surface area contributed by atoms with Crippen LogP contribution in [-0.4, -0.2) is 0 Å². The Morgan fingerprint density at radius 1 is 1.58 bits per heavy atom. The van der Waals surface area contributed by atoms with E-state index < -0.39 is 5.82 Å². The smallest absolute Gasteiger partial charge is 0.142 e. The summed E-state index contributed by atoms with van der Waals surface area (Å²) >= 11 is 5.60. The van der Waals surface area contributed by atoms with Crippen LogP contribution in [0, 0.1) is 17.1 Å². The SMILES string of the molecule is N#Cc1c(F)cc(CN)cc1Cl. The van der Waals surface area contributed by atoms with Gasteiger partial charge in [-0.05, 0) is 17.7 Å². The third-order valence-corrected chi connectivity index (χ3v) is 1.75. The van der Waals surface area contributed by atoms with Crippen LogP contribution in [0.3, 0.4) is 0 Å². The molecule has 1 rings (SSSR count). The van der Waals surface area contributed by atoms with Gasteiger partial charge in [-0.15, -0.1) is 0 Å². The summed E-state index contributed by atoms with van der Waals surface area (Å²) in [7, 11) is 0. The van der Waals surface area contributed by atoms with E-state index in [1.165, 1.54) is 12.1 Å². The van der Waals surface area contributed by atoms with E-state index in [2.05, 4.69) is 0 Å². The molecule has 0 atom stereocenters. The maximum absolute atomic E-state index is 12.9. The molecule has 2 N–H and O–H groups in total. The fourth-order valence-corrected chi connectivity index (χ4v) is 1.12. The van der Waals surface area contributed by atoms with Crippen LogP contribution in [0.4, 0.5) is 4.39 Å². The number of rotatable bonds is 1. The van der Waals surface area contributed by atoms with Crippen molar-refractivity contribution in [1.29, 1.82) is 5.26 Å². The predicted molar refractivity (Wildman–Crippen MR) is 44.0 cm³/mol. The first-order valence-electron chi connectivity index (χ1n) is 3.27. The van der Waals surface area contributed by atoms with E-state index in [-0.39, 0.29) is 17.1 Å². The van der Waals surface area contributed by atoms with E-state index in [0.29, 0.717) is 5.56 Å². The van der Waals surface area contributed by atoms with Gasteiger partial charge >= 0.3 is 0 Å². The molecule has 0 saturated heterocycles. The zero-order valence-corrected chi connectivity index (χ0v) is 6.90. The molecule has 0 unspecified atom stereocenters. The second-order valence-electron chi connectivity index (χ2n) is 2.25. The van der Waals surface area contributed by atoms with Crippen molar-refractivity contribution in [2.75, 3.05) is 0 Å². The molecule has 0 aliphatic rings. The number of hydrogen-bond acceptors (Lipinski definition) is 2. The molecule has 0 aliphatic carbocycles. The van der Waals surface area contributed by atoms with Crippen LogP contribution < -0.4 is 5.73 Å². The standard InChI is InChI=1S/C8H6ClFN2/c9-7-1-5(3-11)2-8(10)6(7)4-12/h1-2H,3,11H2. The summed E-state index contributed by atoms with van der Waals surface area (Å²) < 4.78 is 12.9. The van der Waals surface area contributed by atoms with Gasteiger partial charge in [0, 0.05) is 6.54 Å². The van der Waals surface area contributed by atoms with Gasteiger partial charge < -0.3 is 5.73 Å². The molecule has 1 aromatic carbocycles. The Labute approximate surface area is 74.4 Å². The molecule has 4 heteroatoms. The number of nitrogens with two attached hydrogens (primary N) is 1. The van der Waals surface area contributed by atoms with Crippen LogP contribution in [0.15, 0.2) is 12.1 Å². The average molecular weight is 185 g/mol. The summed E-state index contributed by atoms with van der Waals surface area (Å²) in [5, 5.41) is 8.57. The highest BCUT2D eigenvalue weighted by atomic mass is 35.5. The summed E-state index contributed by atoms with van der Waals surface area (Å²) in [6.07, 6.45) is 0. The molecule has 0 fully saturated rings. The summed E-state index contributed by atoms with van der Waals surface area (Å²) in [4.78, 5) is 0. The minimum Gasteiger partial charge on any atom is -0.326 e. The van der Waals surface area contributed by atoms with E-state index in [1.807, 2.05) is 0 Å². The number of nitriles is 1. The zero-order valence-electron chi connectivity index (χ0n) is 6.14. The lowest BCUT2D eigenvalue weighted by atomic mass is 10.1. The minimum atomic E-state index is -0.620. The van der Waals surface area contributed by atoms with Gasteiger partial charge in [-0.3, -0.25) is 0 Å². The Hall–Kier alpha value is -1.11. The van der Waals surface area contributed by atoms with E-state index in [9.17, 15) is 4.39 Å². The largest absolute Gasteiger partial charge is 0.326 e. The quantitative estimate of drug-likeness (QED) is 0.724. The highest BCUT2D eigenvalue weighted by Crippen LogP contribution is 2.20. The lowest BCUT2D eigenvalue weighted by Gasteiger charge is -2.00. The van der Waals surface area contributed by atoms with E-state index in [4.69, 9.17) is 22.6 Å². The van der Waals surface area contributed by atoms with Gasteiger partial charge in [0.2, 0.25) is 0 Å². The molecule has 12 heavy (non-hydrogen) atoms. The summed E-state index contributed by atoms with van der Waals surface area (Å²) in [6.45, 7) is 0.211. The Morgan fingerprint density at radius 2 is 2.25 bits per heavy atom. The van der Waals surface area contributed by atoms with Crippen molar-refractivity contribution in [3.05, 3.63) is 34.1 Å². The molecule has 0 radical (unpaired) electrons. The molecule has 2 nitrogen and oxygen atoms in total. The highest BCUT2D eigenvalue weighted by molar-refractivity contribution is 6.31. The molecule has 0 aromatic heterocycles. The van der Waals surface area contributed by atoms with Crippen LogP contribution >= 0.6 is 11.6 Å². The Morgan fingerprint density at radius 3 is 2.67 bits per heavy atom. The van der Waals surface area contributed by atoms with Gasteiger partial charge in [-0.1, -0.05) is 11.6 Å². The second-order valence-corrected chi connectivity index (χ2v) is 2.66. The van der Waals surface area contributed by atoms with Gasteiger partial charge in [0.05, 0.1) is 5.02 Å². The molecule has 0 bridgehead atoms. The Kier molecular flexibility index (Phi) is 2.64. The van der Waals surface area contributed by atoms with Crippen molar-refractivity contribution in [3.8, 4) is 6.07 Å². The zero-order chi connectivity index (χ0) is 9.14. The van der Waals surface area contributed by atoms with E-state index >= 15 is 0 Å². The molecule has 0 amide bonds. The highest BCUT2D eigenvalue weighted by Gasteiger charge is 2.07. The van der Waals surface area contributed by atoms with Crippen molar-refractivity contribution < 1.29 is 4.39 Å². The third kappa shape index (κ3) is 1.55. The van der Waals surface area contributed by atoms with Gasteiger partial charge in [-0.2, -0.15) is 5.26 Å². The summed E-state index contributed by atoms with van der Waals surface area (Å²) in [5.41, 5.74) is 5.72. The fourth-order valence-electron chi connectivity index (χ4n) is 0.850. The molecular formula is C8H6ClFN2. The lowest BCUT2D eigenvalue weighted by molar-refractivity contribution is 0.621. The van der Waals surface area contributed by atoms with Crippen molar-refractivity contribution in [2.24, 2.45) is 5.73 Å². The first-order chi connectivity index (χ1) is 5.69. The van der Waals surface area contributed by atoms with E-state index in [0.717, 1.165) is 0 Å². The predicted octanol–water partition coefficient (Wildman–Crippen LogP) is 1.81. The van der Waals surface area contributed by atoms with Crippen LogP contribution in [0.5, 0.6) is 0 Å². The molecule has 0 saturated carbocycles. The van der Waals surface area contributed by atoms with Crippen LogP contribution in [-0.2, 0) is 6.54 Å². The Balaban J connectivity index is 3.30. The van der Waals surface area contributed by atoms with Gasteiger partial charge in [0.25, 0.3) is 0 Å². The fraction of sp³-hybridized carbons (Fsp3) is 0.125. The Bertz CT molecular complexity index is 320. The normalized spacial score (nSPS) is 9.50. The average Bonchev–Trinajstić information content (AvgIpc) is 2.03. The first kappa shape index (κ1) is 8.98.